The minimum absolute atomic E-state index is 0.0203. The zero-order chi connectivity index (χ0) is 93.8. The molecule has 10 fully saturated rings. The van der Waals surface area contributed by atoms with Crippen LogP contribution in [0.1, 0.15) is 341 Å². The molecule has 8 aromatic rings. The summed E-state index contributed by atoms with van der Waals surface area (Å²) in [5.74, 6) is 19.8. The van der Waals surface area contributed by atoms with Crippen LogP contribution >= 0.6 is 0 Å². The lowest BCUT2D eigenvalue weighted by Gasteiger charge is -2.55. The third-order valence-corrected chi connectivity index (χ3v) is 46.7. The van der Waals surface area contributed by atoms with E-state index in [0.717, 1.165) is 82.1 Å². The van der Waals surface area contributed by atoms with E-state index in [2.05, 4.69) is 179 Å². The largest absolute Gasteiger partial charge is 0.426 e. The van der Waals surface area contributed by atoms with Crippen LogP contribution in [0.2, 0.25) is 0 Å². The van der Waals surface area contributed by atoms with E-state index in [9.17, 15) is 33.6 Å². The molecule has 0 spiro atoms. The van der Waals surface area contributed by atoms with Gasteiger partial charge in [0.25, 0.3) is 0 Å². The summed E-state index contributed by atoms with van der Waals surface area (Å²) in [6.07, 6.45) is 37.9. The van der Waals surface area contributed by atoms with Crippen molar-refractivity contribution in [2.75, 3.05) is 75.3 Å². The molecule has 4 heterocycles. The SMILES string of the molecule is CC(C)(C(=O)c1ccc(C2CCCCC2)cc1)[S+]1CCCC1.CC(C)(C(=O)c1ccccc1)[S+]1CCCC1.CCCC[S+](CCCC)C(C(=O)c1ccccc1)C(C)(C)C.C[S+](c1ccccc1)C(C)(C)C(=O)c1ccc(C2CCCCC2)cc1.O=C(C[S+]1CCCC1)c1ccc(-c2ccccc2)cc1.O=C(C[S+]1CCCC1)c1ccc(OC(=O)C23CC4CC(CC(C4)C2)C3)cc1. The van der Waals surface area contributed by atoms with Crippen molar-refractivity contribution in [1.29, 1.82) is 0 Å². The summed E-state index contributed by atoms with van der Waals surface area (Å²) in [5.41, 5.74) is 10.2. The standard InChI is InChI=1S/C23H29O3S.C23H29OS.C20H29OS.C20H33OS.C18H19OS.C14H19OS/c24-21(15-27-7-1-2-8-27)19-3-5-20(6-4-19)26-22(25)23-12-16-9-17(13-23)11-18(10-16)14-23;1-23(2,25(3)21-12-8-5-9-13-21)22(24)20-16-14-19(15-17-20)18-10-6-4-7-11-18;1-20(2,22-14-6-7-15-22)19(21)18-12-10-17(11-13-18)16-8-4-3-5-9-16;1-6-8-15-22(16-9-7-2)19(20(3,4)5)18(21)17-13-11-10-12-14-17;19-18(14-20-12-4-5-13-20)17-10-8-16(9-11-17)15-6-2-1-3-7-15;1-14(2,16-10-6-7-11-16)13(15)12-8-4-3-5-9-12/h3-6,16-18H,1-2,7-15H2;5,8-9,12-18H,4,6-7,10-11H2,1-3H3;10-13,16H,3-9,14-15H2,1-2H3;10-14,19H,6-9,15-16H2,1-5H3;1-3,6-11H,4-5,12-14H2;3-5,8-9H,6-7,10-11H2,1-2H3/q6*+1. The molecular formula is C118H158O8S6+6. The monoisotopic (exact) mass is 1900 g/mol. The zero-order valence-electron chi connectivity index (χ0n) is 82.2. The van der Waals surface area contributed by atoms with Crippen molar-refractivity contribution < 1.29 is 38.3 Å². The van der Waals surface area contributed by atoms with Crippen LogP contribution < -0.4 is 4.74 Å². The van der Waals surface area contributed by atoms with Gasteiger partial charge >= 0.3 is 5.97 Å². The molecule has 10 aliphatic rings. The summed E-state index contributed by atoms with van der Waals surface area (Å²) < 4.78 is 5.08. The molecule has 6 saturated carbocycles. The summed E-state index contributed by atoms with van der Waals surface area (Å²) in [7, 11) is 1.25. The van der Waals surface area contributed by atoms with Crippen LogP contribution in [-0.4, -0.2) is 135 Å². The number of carbonyl (C=O) groups excluding carboxylic acids is 7. The Hall–Kier alpha value is -6.65. The van der Waals surface area contributed by atoms with Gasteiger partial charge in [-0.05, 0) is 291 Å². The molecule has 0 aromatic heterocycles. The molecule has 2 unspecified atom stereocenters. The Morgan fingerprint density at radius 1 is 0.379 bits per heavy atom. The van der Waals surface area contributed by atoms with E-state index < -0.39 is 4.75 Å². The van der Waals surface area contributed by atoms with Gasteiger partial charge in [-0.3, -0.25) is 33.6 Å². The van der Waals surface area contributed by atoms with Gasteiger partial charge in [-0.1, -0.05) is 268 Å². The Morgan fingerprint density at radius 2 is 0.720 bits per heavy atom. The average molecular weight is 1900 g/mol. The van der Waals surface area contributed by atoms with Crippen molar-refractivity contribution in [3.8, 4) is 16.9 Å². The van der Waals surface area contributed by atoms with Gasteiger partial charge in [-0.25, -0.2) is 0 Å². The Balaban J connectivity index is 0.000000144. The lowest BCUT2D eigenvalue weighted by molar-refractivity contribution is -0.161. The Morgan fingerprint density at radius 3 is 1.11 bits per heavy atom. The number of esters is 1. The van der Waals surface area contributed by atoms with Gasteiger partial charge in [0.2, 0.25) is 34.7 Å². The maximum absolute atomic E-state index is 13.2. The van der Waals surface area contributed by atoms with E-state index in [1.807, 2.05) is 121 Å². The number of ether oxygens (including phenoxy) is 1. The highest BCUT2D eigenvalue weighted by Crippen LogP contribution is 2.60. The Labute approximate surface area is 813 Å². The molecule has 708 valence electrons. The van der Waals surface area contributed by atoms with Crippen LogP contribution in [0, 0.1) is 28.6 Å². The van der Waals surface area contributed by atoms with Crippen LogP contribution in [0.4, 0.5) is 0 Å². The second-order valence-electron chi connectivity index (χ2n) is 41.6. The lowest BCUT2D eigenvalue weighted by atomic mass is 9.49. The first kappa shape index (κ1) is 104. The van der Waals surface area contributed by atoms with Crippen LogP contribution in [0.25, 0.3) is 11.1 Å². The lowest BCUT2D eigenvalue weighted by Crippen LogP contribution is -2.51. The molecule has 132 heavy (non-hydrogen) atoms. The summed E-state index contributed by atoms with van der Waals surface area (Å²) in [5, 5.41) is 0.146. The molecule has 4 saturated heterocycles. The first-order valence-electron chi connectivity index (χ1n) is 50.6. The van der Waals surface area contributed by atoms with Crippen molar-refractivity contribution >= 4 is 106 Å². The number of rotatable bonds is 30. The molecular weight excluding hydrogens is 1740 g/mol. The number of hydrogen-bond acceptors (Lipinski definition) is 8. The highest BCUT2D eigenvalue weighted by molar-refractivity contribution is 8.00. The minimum Gasteiger partial charge on any atom is -0.426 e. The second kappa shape index (κ2) is 50.6. The zero-order valence-corrected chi connectivity index (χ0v) is 87.1. The van der Waals surface area contributed by atoms with E-state index in [-0.39, 0.29) is 97.6 Å². The average Bonchev–Trinajstić information content (AvgIpc) is 0.828. The van der Waals surface area contributed by atoms with Crippen LogP contribution in [0.5, 0.6) is 5.75 Å². The predicted octanol–water partition coefficient (Wildman–Crippen LogP) is 28.0. The Bertz CT molecular complexity index is 4850. The van der Waals surface area contributed by atoms with Gasteiger partial charge in [-0.2, -0.15) is 0 Å². The van der Waals surface area contributed by atoms with Gasteiger partial charge in [-0.15, -0.1) is 0 Å². The van der Waals surface area contributed by atoms with Crippen LogP contribution in [0.15, 0.2) is 223 Å². The number of unbranched alkanes of at least 4 members (excludes halogenated alkanes) is 2. The number of benzene rings is 8. The van der Waals surface area contributed by atoms with Crippen LogP contribution in [0.3, 0.4) is 0 Å². The Kier molecular flexibility index (Phi) is 40.0. The van der Waals surface area contributed by atoms with E-state index in [1.165, 1.54) is 245 Å². The van der Waals surface area contributed by atoms with Gasteiger partial charge < -0.3 is 4.74 Å². The second-order valence-corrected chi connectivity index (χ2v) is 56.8. The topological polar surface area (TPSA) is 129 Å². The smallest absolute Gasteiger partial charge is 0.317 e. The van der Waals surface area contributed by atoms with Crippen LogP contribution in [-0.2, 0) is 70.2 Å². The number of ketones is 6. The molecule has 8 aromatic carbocycles. The molecule has 2 atom stereocenters. The molecule has 0 radical (unpaired) electrons. The highest BCUT2D eigenvalue weighted by Gasteiger charge is 2.56. The van der Waals surface area contributed by atoms with Gasteiger partial charge in [0.1, 0.15) is 69.5 Å². The molecule has 4 aliphatic heterocycles. The summed E-state index contributed by atoms with van der Waals surface area (Å²) in [6.45, 7) is 23.9. The van der Waals surface area contributed by atoms with E-state index in [0.29, 0.717) is 51.4 Å². The predicted molar refractivity (Wildman–Crippen MR) is 573 cm³/mol. The van der Waals surface area contributed by atoms with Crippen molar-refractivity contribution in [2.45, 2.75) is 292 Å². The van der Waals surface area contributed by atoms with E-state index >= 15 is 0 Å². The summed E-state index contributed by atoms with van der Waals surface area (Å²) in [4.78, 5) is 90.7. The van der Waals surface area contributed by atoms with E-state index in [1.54, 1.807) is 0 Å². The third kappa shape index (κ3) is 29.0. The van der Waals surface area contributed by atoms with Gasteiger partial charge in [0.05, 0.1) is 5.41 Å². The molecule has 18 rings (SSSR count). The first-order valence-corrected chi connectivity index (χ1v) is 60.4. The van der Waals surface area contributed by atoms with Gasteiger partial charge in [0, 0.05) is 71.5 Å². The molecule has 8 nitrogen and oxygen atoms in total. The van der Waals surface area contributed by atoms with Crippen molar-refractivity contribution in [3.05, 3.63) is 263 Å². The van der Waals surface area contributed by atoms with Crippen molar-refractivity contribution in [1.82, 2.24) is 0 Å². The van der Waals surface area contributed by atoms with Gasteiger partial charge in [0.15, 0.2) is 35.9 Å². The van der Waals surface area contributed by atoms with E-state index in [4.69, 9.17) is 4.74 Å². The highest BCUT2D eigenvalue weighted by atomic mass is 32.2. The molecule has 0 amide bonds. The normalized spacial score (nSPS) is 20.6. The fraction of sp³-hybridized carbons (Fsp3) is 0.534. The number of carbonyl (C=O) groups is 7. The molecule has 0 N–H and O–H groups in total. The maximum atomic E-state index is 13.2. The fourth-order valence-electron chi connectivity index (χ4n) is 21.8. The molecule has 4 bridgehead atoms. The quantitative estimate of drug-likeness (QED) is 0.0188. The number of hydrogen-bond donors (Lipinski definition) is 0. The minimum atomic E-state index is -0.395. The summed E-state index contributed by atoms with van der Waals surface area (Å²) >= 11 is 0. The third-order valence-electron chi connectivity index (χ3n) is 29.6. The molecule has 14 heteroatoms. The number of Topliss-reactive ketones (excluding diaryl/α,β-unsaturated/α-hetero) is 6. The van der Waals surface area contributed by atoms with Crippen molar-refractivity contribution in [3.63, 3.8) is 0 Å². The fourth-order valence-corrected chi connectivity index (χ4v) is 36.7. The maximum Gasteiger partial charge on any atom is 0.317 e. The summed E-state index contributed by atoms with van der Waals surface area (Å²) in [6, 6.07) is 72.7. The molecule has 6 aliphatic carbocycles. The van der Waals surface area contributed by atoms with Crippen molar-refractivity contribution in [2.24, 2.45) is 28.6 Å². The first-order chi connectivity index (χ1) is 63.5.